The highest BCUT2D eigenvalue weighted by molar-refractivity contribution is 6.12. The van der Waals surface area contributed by atoms with E-state index in [9.17, 15) is 4.79 Å². The molecule has 0 aliphatic carbocycles. The number of Topliss-reactive ketones (excluding diaryl/α,β-unsaturated/α-hetero) is 1. The molecular formula is C22H26N2O4. The third kappa shape index (κ3) is 3.91. The van der Waals surface area contributed by atoms with Gasteiger partial charge in [-0.25, -0.2) is 0 Å². The van der Waals surface area contributed by atoms with Gasteiger partial charge in [-0.15, -0.1) is 0 Å². The number of rotatable bonds is 7. The summed E-state index contributed by atoms with van der Waals surface area (Å²) < 4.78 is 16.3. The number of allylic oxidation sites excluding steroid dienone is 1. The molecule has 1 aliphatic rings. The molecule has 0 spiro atoms. The van der Waals surface area contributed by atoms with Crippen LogP contribution in [0, 0.1) is 0 Å². The predicted molar refractivity (Wildman–Crippen MR) is 112 cm³/mol. The van der Waals surface area contributed by atoms with Crippen molar-refractivity contribution in [2.75, 3.05) is 38.6 Å². The molecule has 0 unspecified atom stereocenters. The number of hydrogen-bond acceptors (Lipinski definition) is 6. The van der Waals surface area contributed by atoms with Crippen LogP contribution in [0.15, 0.2) is 35.9 Å². The summed E-state index contributed by atoms with van der Waals surface area (Å²) in [6.45, 7) is 2.22. The van der Waals surface area contributed by atoms with Gasteiger partial charge in [0.15, 0.2) is 17.3 Å². The maximum Gasteiger partial charge on any atom is 0.231 e. The summed E-state index contributed by atoms with van der Waals surface area (Å²) in [4.78, 5) is 15.1. The van der Waals surface area contributed by atoms with Crippen LogP contribution in [0.5, 0.6) is 17.2 Å². The maximum absolute atomic E-state index is 13.2. The number of anilines is 2. The molecule has 0 saturated carbocycles. The van der Waals surface area contributed by atoms with Gasteiger partial charge in [0.1, 0.15) is 0 Å². The molecule has 0 fully saturated rings. The first-order chi connectivity index (χ1) is 13.4. The number of carbonyl (C=O) groups excluding carboxylic acids is 1. The Hall–Kier alpha value is -3.15. The lowest BCUT2D eigenvalue weighted by atomic mass is 9.96. The Morgan fingerprint density at radius 3 is 2.71 bits per heavy atom. The van der Waals surface area contributed by atoms with Crippen LogP contribution >= 0.6 is 0 Å². The molecule has 3 rings (SSSR count). The summed E-state index contributed by atoms with van der Waals surface area (Å²) in [6.07, 6.45) is 3.41. The van der Waals surface area contributed by atoms with E-state index in [-0.39, 0.29) is 12.6 Å². The van der Waals surface area contributed by atoms with Crippen LogP contribution in [0.4, 0.5) is 11.4 Å². The first kappa shape index (κ1) is 19.6. The molecule has 0 amide bonds. The van der Waals surface area contributed by atoms with Crippen LogP contribution in [0.2, 0.25) is 0 Å². The van der Waals surface area contributed by atoms with Gasteiger partial charge in [0.25, 0.3) is 0 Å². The quantitative estimate of drug-likeness (QED) is 0.441. The van der Waals surface area contributed by atoms with Gasteiger partial charge in [0.2, 0.25) is 12.5 Å². The van der Waals surface area contributed by atoms with E-state index >= 15 is 0 Å². The normalized spacial score (nSPS) is 12.8. The van der Waals surface area contributed by atoms with E-state index in [0.29, 0.717) is 34.9 Å². The SMILES string of the molecule is CCC/C(=C\c1cc(OC)c2c(c1)OCO2)C(=O)c1ccc(N)c(N(C)C)c1. The summed E-state index contributed by atoms with van der Waals surface area (Å²) in [6, 6.07) is 9.10. The number of hydrogen-bond donors (Lipinski definition) is 1. The molecule has 0 aromatic heterocycles. The zero-order chi connectivity index (χ0) is 20.3. The topological polar surface area (TPSA) is 74.0 Å². The Labute approximate surface area is 165 Å². The molecule has 1 aliphatic heterocycles. The second-order valence-corrected chi connectivity index (χ2v) is 6.87. The minimum absolute atomic E-state index is 0.0124. The van der Waals surface area contributed by atoms with Gasteiger partial charge in [-0.3, -0.25) is 4.79 Å². The second kappa shape index (κ2) is 8.25. The second-order valence-electron chi connectivity index (χ2n) is 6.87. The van der Waals surface area contributed by atoms with Crippen LogP contribution < -0.4 is 24.8 Å². The molecule has 2 N–H and O–H groups in total. The van der Waals surface area contributed by atoms with Crippen molar-refractivity contribution < 1.29 is 19.0 Å². The number of carbonyl (C=O) groups is 1. The number of benzene rings is 2. The number of nitrogen functional groups attached to an aromatic ring is 1. The summed E-state index contributed by atoms with van der Waals surface area (Å²) in [7, 11) is 5.39. The number of fused-ring (bicyclic) bond motifs is 1. The molecule has 0 radical (unpaired) electrons. The Morgan fingerprint density at radius 1 is 1.25 bits per heavy atom. The number of ether oxygens (including phenoxy) is 3. The Morgan fingerprint density at radius 2 is 2.04 bits per heavy atom. The number of ketones is 1. The molecular weight excluding hydrogens is 356 g/mol. The standard InChI is InChI=1S/C22H26N2O4/c1-5-6-15(21(25)16-7-8-17(23)18(12-16)24(2)3)9-14-10-19(26-4)22-20(11-14)27-13-28-22/h7-12H,5-6,13,23H2,1-4H3/b15-9+. The van der Waals surface area contributed by atoms with Gasteiger partial charge in [-0.1, -0.05) is 13.3 Å². The molecule has 6 heteroatoms. The van der Waals surface area contributed by atoms with E-state index in [1.807, 2.05) is 43.3 Å². The number of methoxy groups -OCH3 is 1. The smallest absolute Gasteiger partial charge is 0.231 e. The molecule has 2 aromatic rings. The lowest BCUT2D eigenvalue weighted by Gasteiger charge is -2.16. The average molecular weight is 382 g/mol. The highest BCUT2D eigenvalue weighted by Gasteiger charge is 2.21. The molecule has 148 valence electrons. The van der Waals surface area contributed by atoms with E-state index < -0.39 is 0 Å². The molecule has 2 aromatic carbocycles. The largest absolute Gasteiger partial charge is 0.493 e. The average Bonchev–Trinajstić information content (AvgIpc) is 3.15. The molecule has 0 atom stereocenters. The van der Waals surface area contributed by atoms with Crippen molar-refractivity contribution in [1.82, 2.24) is 0 Å². The minimum atomic E-state index is -0.0124. The third-order valence-corrected chi connectivity index (χ3v) is 4.61. The minimum Gasteiger partial charge on any atom is -0.493 e. The first-order valence-corrected chi connectivity index (χ1v) is 9.24. The van der Waals surface area contributed by atoms with Gasteiger partial charge < -0.3 is 24.8 Å². The maximum atomic E-state index is 13.2. The Bertz CT molecular complexity index is 919. The van der Waals surface area contributed by atoms with Gasteiger partial charge in [-0.05, 0) is 48.4 Å². The summed E-state index contributed by atoms with van der Waals surface area (Å²) in [5.41, 5.74) is 9.66. The van der Waals surface area contributed by atoms with Gasteiger partial charge >= 0.3 is 0 Å². The van der Waals surface area contributed by atoms with Crippen molar-refractivity contribution in [2.45, 2.75) is 19.8 Å². The van der Waals surface area contributed by atoms with Crippen LogP contribution in [-0.4, -0.2) is 33.8 Å². The van der Waals surface area contributed by atoms with Crippen LogP contribution in [0.3, 0.4) is 0 Å². The van der Waals surface area contributed by atoms with Crippen molar-refractivity contribution in [3.05, 3.63) is 47.0 Å². The fourth-order valence-corrected chi connectivity index (χ4v) is 3.21. The predicted octanol–water partition coefficient (Wildman–Crippen LogP) is 4.14. The third-order valence-electron chi connectivity index (χ3n) is 4.61. The summed E-state index contributed by atoms with van der Waals surface area (Å²) in [5, 5.41) is 0. The lowest BCUT2D eigenvalue weighted by molar-refractivity contribution is 0.103. The highest BCUT2D eigenvalue weighted by Crippen LogP contribution is 2.42. The van der Waals surface area contributed by atoms with E-state index in [1.165, 1.54) is 0 Å². The summed E-state index contributed by atoms with van der Waals surface area (Å²) >= 11 is 0. The number of nitrogens with zero attached hydrogens (tertiary/aromatic N) is 1. The van der Waals surface area contributed by atoms with E-state index in [4.69, 9.17) is 19.9 Å². The van der Waals surface area contributed by atoms with Crippen molar-refractivity contribution in [1.29, 1.82) is 0 Å². The fourth-order valence-electron chi connectivity index (χ4n) is 3.21. The van der Waals surface area contributed by atoms with E-state index in [2.05, 4.69) is 6.92 Å². The highest BCUT2D eigenvalue weighted by atomic mass is 16.7. The molecule has 0 saturated heterocycles. The van der Waals surface area contributed by atoms with Gasteiger partial charge in [0.05, 0.1) is 18.5 Å². The fraction of sp³-hybridized carbons (Fsp3) is 0.318. The van der Waals surface area contributed by atoms with Gasteiger partial charge in [0, 0.05) is 25.2 Å². The van der Waals surface area contributed by atoms with Crippen LogP contribution in [-0.2, 0) is 0 Å². The van der Waals surface area contributed by atoms with Crippen LogP contribution in [0.1, 0.15) is 35.7 Å². The Kier molecular flexibility index (Phi) is 5.78. The number of nitrogens with two attached hydrogens (primary N) is 1. The van der Waals surface area contributed by atoms with Crippen molar-refractivity contribution >= 4 is 23.2 Å². The zero-order valence-corrected chi connectivity index (χ0v) is 16.7. The molecule has 28 heavy (non-hydrogen) atoms. The van der Waals surface area contributed by atoms with Crippen LogP contribution in [0.25, 0.3) is 6.08 Å². The van der Waals surface area contributed by atoms with Crippen molar-refractivity contribution in [2.24, 2.45) is 0 Å². The zero-order valence-electron chi connectivity index (χ0n) is 16.7. The Balaban J connectivity index is 2.00. The monoisotopic (exact) mass is 382 g/mol. The van der Waals surface area contributed by atoms with Gasteiger partial charge in [-0.2, -0.15) is 0 Å². The lowest BCUT2D eigenvalue weighted by Crippen LogP contribution is -2.13. The molecule has 1 heterocycles. The molecule has 6 nitrogen and oxygen atoms in total. The van der Waals surface area contributed by atoms with Crippen molar-refractivity contribution in [3.63, 3.8) is 0 Å². The summed E-state index contributed by atoms with van der Waals surface area (Å²) in [5.74, 6) is 1.79. The van der Waals surface area contributed by atoms with Crippen molar-refractivity contribution in [3.8, 4) is 17.2 Å². The molecule has 0 bridgehead atoms. The first-order valence-electron chi connectivity index (χ1n) is 9.24. The van der Waals surface area contributed by atoms with E-state index in [0.717, 1.165) is 23.2 Å². The van der Waals surface area contributed by atoms with E-state index in [1.54, 1.807) is 19.2 Å².